The number of ether oxygens (including phenoxy) is 1. The fourth-order valence-corrected chi connectivity index (χ4v) is 2.25. The molecule has 1 rings (SSSR count). The molecule has 0 aromatic rings. The van der Waals surface area contributed by atoms with Crippen LogP contribution in [0.1, 0.15) is 40.5 Å². The van der Waals surface area contributed by atoms with Gasteiger partial charge < -0.3 is 9.84 Å². The molecular formula is C13H23NO4. The van der Waals surface area contributed by atoms with Crippen molar-refractivity contribution in [2.45, 2.75) is 52.7 Å². The van der Waals surface area contributed by atoms with Crippen LogP contribution in [0.4, 0.5) is 4.79 Å². The van der Waals surface area contributed by atoms with Crippen LogP contribution in [0.2, 0.25) is 0 Å². The topological polar surface area (TPSA) is 66.8 Å². The highest BCUT2D eigenvalue weighted by molar-refractivity contribution is 5.95. The fraction of sp³-hybridized carbons (Fsp3) is 0.846. The zero-order chi connectivity index (χ0) is 13.9. The van der Waals surface area contributed by atoms with Crippen molar-refractivity contribution in [3.05, 3.63) is 0 Å². The molecule has 0 aliphatic carbocycles. The van der Waals surface area contributed by atoms with Crippen molar-refractivity contribution in [2.75, 3.05) is 6.61 Å². The number of hydrogen-bond donors (Lipinski definition) is 1. The number of cyclic esters (lactones) is 1. The maximum absolute atomic E-state index is 12.4. The second kappa shape index (κ2) is 6.18. The van der Waals surface area contributed by atoms with Crippen molar-refractivity contribution < 1.29 is 19.4 Å². The van der Waals surface area contributed by atoms with Crippen LogP contribution < -0.4 is 0 Å². The minimum Gasteiger partial charge on any atom is -0.447 e. The molecule has 1 aliphatic heterocycles. The van der Waals surface area contributed by atoms with Crippen LogP contribution in [-0.2, 0) is 9.53 Å². The third-order valence-corrected chi connectivity index (χ3v) is 3.55. The Hall–Kier alpha value is -1.10. The highest BCUT2D eigenvalue weighted by Crippen LogP contribution is 2.24. The first-order valence-corrected chi connectivity index (χ1v) is 6.61. The molecule has 5 nitrogen and oxygen atoms in total. The molecule has 0 spiro atoms. The van der Waals surface area contributed by atoms with Gasteiger partial charge in [0, 0.05) is 0 Å². The van der Waals surface area contributed by atoms with E-state index in [9.17, 15) is 14.7 Å². The summed E-state index contributed by atoms with van der Waals surface area (Å²) in [6.45, 7) is 7.81. The van der Waals surface area contributed by atoms with Crippen molar-refractivity contribution in [3.63, 3.8) is 0 Å². The van der Waals surface area contributed by atoms with Crippen LogP contribution in [0, 0.1) is 11.8 Å². The predicted molar refractivity (Wildman–Crippen MR) is 66.9 cm³/mol. The van der Waals surface area contributed by atoms with Gasteiger partial charge in [-0.1, -0.05) is 27.7 Å². The molecule has 1 N–H and O–H groups in total. The van der Waals surface area contributed by atoms with E-state index in [-0.39, 0.29) is 24.5 Å². The smallest absolute Gasteiger partial charge is 0.416 e. The molecule has 18 heavy (non-hydrogen) atoms. The predicted octanol–water partition coefficient (Wildman–Crippen LogP) is 1.79. The Morgan fingerprint density at radius 3 is 2.50 bits per heavy atom. The Kier molecular flexibility index (Phi) is 5.14. The Bertz CT molecular complexity index is 316. The van der Waals surface area contributed by atoms with Gasteiger partial charge in [-0.05, 0) is 18.8 Å². The number of nitrogens with zero attached hydrogens (tertiary/aromatic N) is 1. The minimum atomic E-state index is -0.705. The number of carbonyl (C=O) groups is 2. The molecule has 1 fully saturated rings. The molecule has 1 unspecified atom stereocenters. The number of aliphatic hydroxyl groups excluding tert-OH is 1. The Morgan fingerprint density at radius 2 is 2.06 bits per heavy atom. The van der Waals surface area contributed by atoms with Gasteiger partial charge in [0.15, 0.2) is 0 Å². The van der Waals surface area contributed by atoms with Crippen molar-refractivity contribution in [2.24, 2.45) is 11.8 Å². The maximum Gasteiger partial charge on any atom is 0.416 e. The lowest BCUT2D eigenvalue weighted by Gasteiger charge is -2.28. The van der Waals surface area contributed by atoms with Gasteiger partial charge in [0.1, 0.15) is 6.61 Å². The normalized spacial score (nSPS) is 23.1. The second-order valence-electron chi connectivity index (χ2n) is 5.09. The minimum absolute atomic E-state index is 0.150. The van der Waals surface area contributed by atoms with Crippen molar-refractivity contribution in [1.82, 2.24) is 4.90 Å². The van der Waals surface area contributed by atoms with E-state index >= 15 is 0 Å². The average molecular weight is 257 g/mol. The third kappa shape index (κ3) is 2.83. The quantitative estimate of drug-likeness (QED) is 0.815. The Morgan fingerprint density at radius 1 is 1.44 bits per heavy atom. The van der Waals surface area contributed by atoms with Gasteiger partial charge in [0.05, 0.1) is 18.1 Å². The number of hydrogen-bond acceptors (Lipinski definition) is 4. The lowest BCUT2D eigenvalue weighted by atomic mass is 9.94. The van der Waals surface area contributed by atoms with Gasteiger partial charge in [0.2, 0.25) is 5.91 Å². The summed E-state index contributed by atoms with van der Waals surface area (Å²) in [5.41, 5.74) is 0. The third-order valence-electron chi connectivity index (χ3n) is 3.55. The number of aliphatic hydroxyl groups is 1. The van der Waals surface area contributed by atoms with Crippen LogP contribution in [0.5, 0.6) is 0 Å². The molecule has 0 saturated carbocycles. The van der Waals surface area contributed by atoms with Gasteiger partial charge in [-0.2, -0.15) is 0 Å². The van der Waals surface area contributed by atoms with E-state index in [0.717, 1.165) is 0 Å². The highest BCUT2D eigenvalue weighted by atomic mass is 16.6. The molecule has 3 atom stereocenters. The van der Waals surface area contributed by atoms with E-state index in [2.05, 4.69) is 0 Å². The summed E-state index contributed by atoms with van der Waals surface area (Å²) in [6.07, 6.45) is -0.272. The summed E-state index contributed by atoms with van der Waals surface area (Å²) in [4.78, 5) is 25.2. The number of carbonyl (C=O) groups excluding carboxylic acids is 2. The first kappa shape index (κ1) is 15.0. The first-order chi connectivity index (χ1) is 8.43. The number of rotatable bonds is 5. The van der Waals surface area contributed by atoms with Gasteiger partial charge in [-0.3, -0.25) is 4.79 Å². The van der Waals surface area contributed by atoms with Crippen molar-refractivity contribution >= 4 is 12.0 Å². The zero-order valence-electron chi connectivity index (χ0n) is 11.5. The van der Waals surface area contributed by atoms with Gasteiger partial charge >= 0.3 is 6.09 Å². The van der Waals surface area contributed by atoms with E-state index in [0.29, 0.717) is 12.8 Å². The number of amides is 2. The maximum atomic E-state index is 12.4. The largest absolute Gasteiger partial charge is 0.447 e. The van der Waals surface area contributed by atoms with Crippen LogP contribution in [0.15, 0.2) is 0 Å². The van der Waals surface area contributed by atoms with E-state index in [4.69, 9.17) is 4.74 Å². The lowest BCUT2D eigenvalue weighted by Crippen LogP contribution is -2.47. The second-order valence-corrected chi connectivity index (χ2v) is 5.09. The molecule has 5 heteroatoms. The molecule has 0 radical (unpaired) electrons. The molecule has 0 aromatic heterocycles. The monoisotopic (exact) mass is 257 g/mol. The molecule has 1 aliphatic rings. The Balaban J connectivity index is 2.88. The molecule has 0 bridgehead atoms. The molecule has 104 valence electrons. The van der Waals surface area contributed by atoms with E-state index in [1.54, 1.807) is 0 Å². The highest BCUT2D eigenvalue weighted by Gasteiger charge is 2.42. The standard InChI is InChI=1S/C13H23NO4/c1-5-9(11(15)6-2)12(16)14-10(8(3)4)7-18-13(14)17/h8-11,15H,5-7H2,1-4H3/t9-,10?,11-/m1/s1. The van der Waals surface area contributed by atoms with Gasteiger partial charge in [0.25, 0.3) is 0 Å². The van der Waals surface area contributed by atoms with Crippen LogP contribution in [0.3, 0.4) is 0 Å². The van der Waals surface area contributed by atoms with E-state index in [1.807, 2.05) is 27.7 Å². The summed E-state index contributed by atoms with van der Waals surface area (Å²) < 4.78 is 4.95. The van der Waals surface area contributed by atoms with Crippen molar-refractivity contribution in [3.8, 4) is 0 Å². The summed E-state index contributed by atoms with van der Waals surface area (Å²) in [6, 6.07) is -0.219. The van der Waals surface area contributed by atoms with Gasteiger partial charge in [-0.25, -0.2) is 9.69 Å². The molecule has 1 heterocycles. The Labute approximate surface area is 108 Å². The summed E-state index contributed by atoms with van der Waals surface area (Å²) >= 11 is 0. The average Bonchev–Trinajstić information content (AvgIpc) is 2.71. The van der Waals surface area contributed by atoms with Crippen LogP contribution in [0.25, 0.3) is 0 Å². The molecule has 1 saturated heterocycles. The molecule has 0 aromatic carbocycles. The zero-order valence-corrected chi connectivity index (χ0v) is 11.5. The fourth-order valence-electron chi connectivity index (χ4n) is 2.25. The summed E-state index contributed by atoms with van der Waals surface area (Å²) in [7, 11) is 0. The SMILES string of the molecule is CC[C@@H](O)[C@@H](CC)C(=O)N1C(=O)OCC1C(C)C. The summed E-state index contributed by atoms with van der Waals surface area (Å²) in [5.74, 6) is -0.688. The summed E-state index contributed by atoms with van der Waals surface area (Å²) in [5, 5.41) is 9.86. The lowest BCUT2D eigenvalue weighted by molar-refractivity contribution is -0.138. The van der Waals surface area contributed by atoms with Crippen molar-refractivity contribution in [1.29, 1.82) is 0 Å². The molecular weight excluding hydrogens is 234 g/mol. The van der Waals surface area contributed by atoms with E-state index in [1.165, 1.54) is 4.90 Å². The van der Waals surface area contributed by atoms with Crippen LogP contribution >= 0.6 is 0 Å². The van der Waals surface area contributed by atoms with Crippen LogP contribution in [-0.4, -0.2) is 40.8 Å². The first-order valence-electron chi connectivity index (χ1n) is 6.61. The number of imide groups is 1. The molecule has 2 amide bonds. The van der Waals surface area contributed by atoms with E-state index < -0.39 is 18.1 Å². The van der Waals surface area contributed by atoms with Gasteiger partial charge in [-0.15, -0.1) is 0 Å².